The molecule has 3 nitrogen and oxygen atoms in total. The van der Waals surface area contributed by atoms with E-state index in [1.165, 1.54) is 0 Å². The van der Waals surface area contributed by atoms with Gasteiger partial charge >= 0.3 is 5.97 Å². The Morgan fingerprint density at radius 3 is 2.72 bits per heavy atom. The second kappa shape index (κ2) is 6.24. The number of rotatable bonds is 5. The van der Waals surface area contributed by atoms with Crippen molar-refractivity contribution in [2.45, 2.75) is 27.2 Å². The van der Waals surface area contributed by atoms with Crippen molar-refractivity contribution in [2.75, 3.05) is 6.61 Å². The predicted octanol–water partition coefficient (Wildman–Crippen LogP) is 3.60. The SMILES string of the molecule is CC(C)(C)CCOc1cccc(C=CC(=O)O)c1. The first-order chi connectivity index (χ1) is 8.37. The van der Waals surface area contributed by atoms with Crippen LogP contribution in [0.2, 0.25) is 0 Å². The average molecular weight is 248 g/mol. The fourth-order valence-corrected chi connectivity index (χ4v) is 1.35. The van der Waals surface area contributed by atoms with Crippen molar-refractivity contribution in [3.63, 3.8) is 0 Å². The van der Waals surface area contributed by atoms with Crippen LogP contribution in [0.3, 0.4) is 0 Å². The van der Waals surface area contributed by atoms with Gasteiger partial charge in [-0.25, -0.2) is 4.79 Å². The highest BCUT2D eigenvalue weighted by atomic mass is 16.5. The first kappa shape index (κ1) is 14.3. The van der Waals surface area contributed by atoms with Gasteiger partial charge in [-0.1, -0.05) is 32.9 Å². The van der Waals surface area contributed by atoms with Gasteiger partial charge in [-0.05, 0) is 35.6 Å². The summed E-state index contributed by atoms with van der Waals surface area (Å²) in [6.45, 7) is 7.17. The molecule has 0 heterocycles. The Balaban J connectivity index is 2.57. The molecule has 98 valence electrons. The van der Waals surface area contributed by atoms with Gasteiger partial charge in [0.05, 0.1) is 6.61 Å². The summed E-state index contributed by atoms with van der Waals surface area (Å²) in [6, 6.07) is 7.41. The van der Waals surface area contributed by atoms with Crippen molar-refractivity contribution in [3.05, 3.63) is 35.9 Å². The van der Waals surface area contributed by atoms with E-state index >= 15 is 0 Å². The molecule has 0 aliphatic heterocycles. The number of carboxylic acids is 1. The van der Waals surface area contributed by atoms with Crippen molar-refractivity contribution in [1.29, 1.82) is 0 Å². The first-order valence-electron chi connectivity index (χ1n) is 6.01. The van der Waals surface area contributed by atoms with Crippen molar-refractivity contribution in [1.82, 2.24) is 0 Å². The Kier molecular flexibility index (Phi) is 4.95. The molecule has 1 aromatic rings. The Hall–Kier alpha value is -1.77. The van der Waals surface area contributed by atoms with Crippen LogP contribution in [0.4, 0.5) is 0 Å². The lowest BCUT2D eigenvalue weighted by Crippen LogP contribution is -2.11. The molecule has 0 aliphatic rings. The highest BCUT2D eigenvalue weighted by molar-refractivity contribution is 5.85. The van der Waals surface area contributed by atoms with Crippen molar-refractivity contribution >= 4 is 12.0 Å². The molecule has 3 heteroatoms. The van der Waals surface area contributed by atoms with Crippen LogP contribution in [-0.4, -0.2) is 17.7 Å². The van der Waals surface area contributed by atoms with Crippen LogP contribution in [0, 0.1) is 5.41 Å². The largest absolute Gasteiger partial charge is 0.494 e. The van der Waals surface area contributed by atoms with Crippen LogP contribution in [-0.2, 0) is 4.79 Å². The fraction of sp³-hybridized carbons (Fsp3) is 0.400. The maximum Gasteiger partial charge on any atom is 0.328 e. The summed E-state index contributed by atoms with van der Waals surface area (Å²) in [6.07, 6.45) is 3.65. The average Bonchev–Trinajstić information content (AvgIpc) is 2.25. The number of hydrogen-bond donors (Lipinski definition) is 1. The van der Waals surface area contributed by atoms with Crippen LogP contribution in [0.15, 0.2) is 30.3 Å². The van der Waals surface area contributed by atoms with Crippen molar-refractivity contribution in [3.8, 4) is 5.75 Å². The van der Waals surface area contributed by atoms with Gasteiger partial charge in [0.15, 0.2) is 0 Å². The maximum absolute atomic E-state index is 10.4. The fourth-order valence-electron chi connectivity index (χ4n) is 1.35. The maximum atomic E-state index is 10.4. The molecule has 0 fully saturated rings. The van der Waals surface area contributed by atoms with Gasteiger partial charge in [0, 0.05) is 6.08 Å². The molecule has 1 rings (SSSR count). The van der Waals surface area contributed by atoms with E-state index in [0.717, 1.165) is 23.8 Å². The summed E-state index contributed by atoms with van der Waals surface area (Å²) < 4.78 is 5.65. The normalized spacial score (nSPS) is 11.7. The molecule has 0 aliphatic carbocycles. The second-order valence-electron chi connectivity index (χ2n) is 5.40. The third kappa shape index (κ3) is 6.09. The highest BCUT2D eigenvalue weighted by Gasteiger charge is 2.09. The summed E-state index contributed by atoms with van der Waals surface area (Å²) in [5.74, 6) is -0.180. The van der Waals surface area contributed by atoms with Crippen LogP contribution in [0.5, 0.6) is 5.75 Å². The third-order valence-corrected chi connectivity index (χ3v) is 2.40. The van der Waals surface area contributed by atoms with Crippen LogP contribution >= 0.6 is 0 Å². The molecule has 0 spiro atoms. The lowest BCUT2D eigenvalue weighted by Gasteiger charge is -2.18. The lowest BCUT2D eigenvalue weighted by atomic mass is 9.93. The molecule has 1 aromatic carbocycles. The van der Waals surface area contributed by atoms with E-state index < -0.39 is 5.97 Å². The minimum absolute atomic E-state index is 0.251. The Morgan fingerprint density at radius 1 is 1.39 bits per heavy atom. The van der Waals surface area contributed by atoms with Crippen LogP contribution in [0.25, 0.3) is 6.08 Å². The predicted molar refractivity (Wildman–Crippen MR) is 72.7 cm³/mol. The van der Waals surface area contributed by atoms with Gasteiger partial charge in [-0.2, -0.15) is 0 Å². The summed E-state index contributed by atoms with van der Waals surface area (Å²) in [5.41, 5.74) is 1.08. The van der Waals surface area contributed by atoms with Crippen molar-refractivity contribution < 1.29 is 14.6 Å². The Morgan fingerprint density at radius 2 is 2.11 bits per heavy atom. The van der Waals surface area contributed by atoms with E-state index in [9.17, 15) is 4.79 Å². The topological polar surface area (TPSA) is 46.5 Å². The number of aliphatic carboxylic acids is 1. The molecular weight excluding hydrogens is 228 g/mol. The van der Waals surface area contributed by atoms with Gasteiger partial charge in [-0.3, -0.25) is 0 Å². The van der Waals surface area contributed by atoms with Crippen LogP contribution < -0.4 is 4.74 Å². The minimum atomic E-state index is -0.950. The molecule has 0 saturated carbocycles. The summed E-state index contributed by atoms with van der Waals surface area (Å²) >= 11 is 0. The summed E-state index contributed by atoms with van der Waals surface area (Å²) in [5, 5.41) is 8.56. The van der Waals surface area contributed by atoms with E-state index in [-0.39, 0.29) is 5.41 Å². The number of carbonyl (C=O) groups is 1. The van der Waals surface area contributed by atoms with Gasteiger partial charge in [-0.15, -0.1) is 0 Å². The molecule has 0 bridgehead atoms. The van der Waals surface area contributed by atoms with Gasteiger partial charge in [0.25, 0.3) is 0 Å². The molecular formula is C15H20O3. The van der Waals surface area contributed by atoms with Gasteiger partial charge in [0.1, 0.15) is 5.75 Å². The summed E-state index contributed by atoms with van der Waals surface area (Å²) in [7, 11) is 0. The zero-order valence-electron chi connectivity index (χ0n) is 11.1. The monoisotopic (exact) mass is 248 g/mol. The molecule has 0 aromatic heterocycles. The quantitative estimate of drug-likeness (QED) is 0.810. The Bertz CT molecular complexity index is 428. The number of hydrogen-bond acceptors (Lipinski definition) is 2. The zero-order chi connectivity index (χ0) is 13.6. The molecule has 0 unspecified atom stereocenters. The second-order valence-corrected chi connectivity index (χ2v) is 5.40. The summed E-state index contributed by atoms with van der Waals surface area (Å²) in [4.78, 5) is 10.4. The molecule has 0 saturated heterocycles. The van der Waals surface area contributed by atoms with Crippen molar-refractivity contribution in [2.24, 2.45) is 5.41 Å². The molecule has 0 amide bonds. The smallest absolute Gasteiger partial charge is 0.328 e. The molecule has 0 atom stereocenters. The van der Waals surface area contributed by atoms with E-state index in [1.807, 2.05) is 24.3 Å². The molecule has 0 radical (unpaired) electrons. The lowest BCUT2D eigenvalue weighted by molar-refractivity contribution is -0.131. The molecule has 18 heavy (non-hydrogen) atoms. The third-order valence-electron chi connectivity index (χ3n) is 2.40. The molecule has 1 N–H and O–H groups in total. The van der Waals surface area contributed by atoms with E-state index in [1.54, 1.807) is 6.08 Å². The van der Waals surface area contributed by atoms with E-state index in [4.69, 9.17) is 9.84 Å². The highest BCUT2D eigenvalue weighted by Crippen LogP contribution is 2.20. The first-order valence-corrected chi connectivity index (χ1v) is 6.01. The standard InChI is InChI=1S/C15H20O3/c1-15(2,3)9-10-18-13-6-4-5-12(11-13)7-8-14(16)17/h4-8,11H,9-10H2,1-3H3,(H,16,17). The number of benzene rings is 1. The number of carboxylic acid groups (broad SMARTS) is 1. The number of ether oxygens (including phenoxy) is 1. The van der Waals surface area contributed by atoms with Gasteiger partial charge in [0.2, 0.25) is 0 Å². The Labute approximate surface area is 108 Å². The van der Waals surface area contributed by atoms with E-state index in [2.05, 4.69) is 20.8 Å². The van der Waals surface area contributed by atoms with E-state index in [0.29, 0.717) is 6.61 Å². The minimum Gasteiger partial charge on any atom is -0.494 e. The zero-order valence-corrected chi connectivity index (χ0v) is 11.1. The van der Waals surface area contributed by atoms with Gasteiger partial charge < -0.3 is 9.84 Å². The van der Waals surface area contributed by atoms with Crippen LogP contribution in [0.1, 0.15) is 32.8 Å².